The third-order valence-electron chi connectivity index (χ3n) is 2.87. The van der Waals surface area contributed by atoms with E-state index in [0.29, 0.717) is 23.0 Å². The Kier molecular flexibility index (Phi) is 3.81. The normalized spacial score (nSPS) is 23.6. The van der Waals surface area contributed by atoms with Crippen LogP contribution in [0.2, 0.25) is 0 Å². The molecule has 0 saturated carbocycles. The quantitative estimate of drug-likeness (QED) is 0.745. The summed E-state index contributed by atoms with van der Waals surface area (Å²) in [6.07, 6.45) is 2.95. The Bertz CT molecular complexity index is 482. The van der Waals surface area contributed by atoms with E-state index in [2.05, 4.69) is 10.3 Å². The Balaban J connectivity index is 2.13. The summed E-state index contributed by atoms with van der Waals surface area (Å²) < 4.78 is 11.2. The SMILES string of the molecule is Nc1cnc(NC2CCS(=O)CC2)c(C(=O)O)c1. The second-order valence-electron chi connectivity index (χ2n) is 4.24. The van der Waals surface area contributed by atoms with Crippen LogP contribution < -0.4 is 11.1 Å². The number of carboxylic acid groups (broad SMARTS) is 1. The molecule has 0 amide bonds. The predicted molar refractivity (Wildman–Crippen MR) is 70.1 cm³/mol. The van der Waals surface area contributed by atoms with Gasteiger partial charge in [0.05, 0.1) is 11.9 Å². The average molecular weight is 269 g/mol. The van der Waals surface area contributed by atoms with Crippen molar-refractivity contribution in [1.82, 2.24) is 4.98 Å². The lowest BCUT2D eigenvalue weighted by atomic mass is 10.1. The molecule has 1 saturated heterocycles. The summed E-state index contributed by atoms with van der Waals surface area (Å²) in [5.41, 5.74) is 5.92. The highest BCUT2D eigenvalue weighted by Gasteiger charge is 2.20. The van der Waals surface area contributed by atoms with Crippen molar-refractivity contribution in [2.75, 3.05) is 22.6 Å². The van der Waals surface area contributed by atoms with E-state index in [1.54, 1.807) is 0 Å². The first-order chi connectivity index (χ1) is 8.56. The number of aromatic carboxylic acids is 1. The van der Waals surface area contributed by atoms with E-state index in [1.165, 1.54) is 12.3 Å². The van der Waals surface area contributed by atoms with Crippen LogP contribution in [0, 0.1) is 0 Å². The Morgan fingerprint density at radius 3 is 2.78 bits per heavy atom. The lowest BCUT2D eigenvalue weighted by molar-refractivity contribution is 0.0697. The minimum absolute atomic E-state index is 0.0710. The van der Waals surface area contributed by atoms with Crippen LogP contribution in [0.3, 0.4) is 0 Å². The van der Waals surface area contributed by atoms with Gasteiger partial charge in [0.2, 0.25) is 0 Å². The molecule has 0 unspecified atom stereocenters. The number of nitrogen functional groups attached to an aromatic ring is 1. The molecule has 18 heavy (non-hydrogen) atoms. The van der Waals surface area contributed by atoms with Crippen LogP contribution in [0.4, 0.5) is 11.5 Å². The maximum absolute atomic E-state index is 11.2. The van der Waals surface area contributed by atoms with Crippen LogP contribution in [0.15, 0.2) is 12.3 Å². The molecular weight excluding hydrogens is 254 g/mol. The van der Waals surface area contributed by atoms with Crippen molar-refractivity contribution < 1.29 is 14.1 Å². The molecule has 2 rings (SSSR count). The summed E-state index contributed by atoms with van der Waals surface area (Å²) in [7, 11) is -0.733. The number of anilines is 2. The van der Waals surface area contributed by atoms with Gasteiger partial charge in [-0.15, -0.1) is 0 Å². The summed E-state index contributed by atoms with van der Waals surface area (Å²) >= 11 is 0. The number of nitrogens with two attached hydrogens (primary N) is 1. The molecule has 2 heterocycles. The van der Waals surface area contributed by atoms with Crippen LogP contribution >= 0.6 is 0 Å². The van der Waals surface area contributed by atoms with Gasteiger partial charge in [-0.3, -0.25) is 4.21 Å². The number of hydrogen-bond acceptors (Lipinski definition) is 5. The van der Waals surface area contributed by atoms with E-state index < -0.39 is 16.8 Å². The lowest BCUT2D eigenvalue weighted by Crippen LogP contribution is -2.30. The molecule has 0 bridgehead atoms. The molecule has 1 fully saturated rings. The number of nitrogens with one attached hydrogen (secondary N) is 1. The molecule has 7 heteroatoms. The standard InChI is InChI=1S/C11H15N3O3S/c12-7-5-9(11(15)16)10(13-6-7)14-8-1-3-18(17)4-2-8/h5-6,8H,1-4,12H2,(H,13,14)(H,15,16). The first-order valence-electron chi connectivity index (χ1n) is 5.66. The van der Waals surface area contributed by atoms with Crippen LogP contribution in [-0.2, 0) is 10.8 Å². The summed E-state index contributed by atoms with van der Waals surface area (Å²) in [6, 6.07) is 1.51. The Morgan fingerprint density at radius 1 is 1.50 bits per heavy atom. The van der Waals surface area contributed by atoms with Crippen molar-refractivity contribution in [2.45, 2.75) is 18.9 Å². The zero-order chi connectivity index (χ0) is 13.1. The van der Waals surface area contributed by atoms with Crippen LogP contribution in [0.5, 0.6) is 0 Å². The second kappa shape index (κ2) is 5.34. The van der Waals surface area contributed by atoms with Gasteiger partial charge in [0, 0.05) is 28.3 Å². The topological polar surface area (TPSA) is 105 Å². The minimum Gasteiger partial charge on any atom is -0.478 e. The summed E-state index contributed by atoms with van der Waals surface area (Å²) in [6.45, 7) is 0. The highest BCUT2D eigenvalue weighted by Crippen LogP contribution is 2.20. The van der Waals surface area contributed by atoms with E-state index >= 15 is 0 Å². The van der Waals surface area contributed by atoms with Crippen LogP contribution in [0.25, 0.3) is 0 Å². The van der Waals surface area contributed by atoms with Crippen molar-refractivity contribution in [1.29, 1.82) is 0 Å². The first-order valence-corrected chi connectivity index (χ1v) is 7.15. The number of nitrogens with zero attached hydrogens (tertiary/aromatic N) is 1. The Labute approximate surface area is 107 Å². The van der Waals surface area contributed by atoms with Gasteiger partial charge in [-0.05, 0) is 18.9 Å². The van der Waals surface area contributed by atoms with Gasteiger partial charge in [-0.25, -0.2) is 9.78 Å². The number of rotatable bonds is 3. The fraction of sp³-hybridized carbons (Fsp3) is 0.455. The van der Waals surface area contributed by atoms with Crippen molar-refractivity contribution in [3.05, 3.63) is 17.8 Å². The Morgan fingerprint density at radius 2 is 2.17 bits per heavy atom. The highest BCUT2D eigenvalue weighted by molar-refractivity contribution is 7.85. The molecule has 1 aliphatic heterocycles. The van der Waals surface area contributed by atoms with Crippen molar-refractivity contribution >= 4 is 28.3 Å². The average Bonchev–Trinajstić information content (AvgIpc) is 2.34. The van der Waals surface area contributed by atoms with E-state index in [1.807, 2.05) is 0 Å². The zero-order valence-electron chi connectivity index (χ0n) is 9.76. The first kappa shape index (κ1) is 12.8. The van der Waals surface area contributed by atoms with E-state index in [0.717, 1.165) is 12.8 Å². The van der Waals surface area contributed by atoms with Gasteiger partial charge in [0.1, 0.15) is 11.4 Å². The van der Waals surface area contributed by atoms with E-state index in [9.17, 15) is 9.00 Å². The summed E-state index contributed by atoms with van der Waals surface area (Å²) in [5, 5.41) is 12.2. The van der Waals surface area contributed by atoms with Crippen LogP contribution in [0.1, 0.15) is 23.2 Å². The smallest absolute Gasteiger partial charge is 0.339 e. The summed E-state index contributed by atoms with van der Waals surface area (Å²) in [5.74, 6) is 0.565. The van der Waals surface area contributed by atoms with Gasteiger partial charge >= 0.3 is 5.97 Å². The molecule has 6 nitrogen and oxygen atoms in total. The monoisotopic (exact) mass is 269 g/mol. The number of aromatic nitrogens is 1. The molecule has 0 spiro atoms. The van der Waals surface area contributed by atoms with Crippen molar-refractivity contribution in [2.24, 2.45) is 0 Å². The van der Waals surface area contributed by atoms with Gasteiger partial charge < -0.3 is 16.2 Å². The molecular formula is C11H15N3O3S. The number of hydrogen-bond donors (Lipinski definition) is 3. The van der Waals surface area contributed by atoms with E-state index in [-0.39, 0.29) is 11.6 Å². The van der Waals surface area contributed by atoms with Gasteiger partial charge in [-0.1, -0.05) is 0 Å². The summed E-state index contributed by atoms with van der Waals surface area (Å²) in [4.78, 5) is 15.1. The highest BCUT2D eigenvalue weighted by atomic mass is 32.2. The predicted octanol–water partition coefficient (Wildman–Crippen LogP) is 0.685. The Hall–Kier alpha value is -1.63. The molecule has 0 aliphatic carbocycles. The lowest BCUT2D eigenvalue weighted by Gasteiger charge is -2.23. The van der Waals surface area contributed by atoms with Crippen molar-refractivity contribution in [3.63, 3.8) is 0 Å². The van der Waals surface area contributed by atoms with Gasteiger partial charge in [0.25, 0.3) is 0 Å². The fourth-order valence-electron chi connectivity index (χ4n) is 1.89. The number of pyridine rings is 1. The maximum atomic E-state index is 11.2. The number of carbonyl (C=O) groups is 1. The molecule has 0 radical (unpaired) electrons. The third-order valence-corrected chi connectivity index (χ3v) is 4.25. The fourth-order valence-corrected chi connectivity index (χ4v) is 3.19. The second-order valence-corrected chi connectivity index (χ2v) is 5.93. The zero-order valence-corrected chi connectivity index (χ0v) is 10.6. The molecule has 4 N–H and O–H groups in total. The molecule has 1 aromatic heterocycles. The van der Waals surface area contributed by atoms with Crippen LogP contribution in [-0.4, -0.2) is 37.8 Å². The molecule has 98 valence electrons. The number of carboxylic acids is 1. The molecule has 1 aromatic rings. The molecule has 0 atom stereocenters. The van der Waals surface area contributed by atoms with Gasteiger partial charge in [-0.2, -0.15) is 0 Å². The molecule has 1 aliphatic rings. The van der Waals surface area contributed by atoms with Crippen molar-refractivity contribution in [3.8, 4) is 0 Å². The van der Waals surface area contributed by atoms with E-state index in [4.69, 9.17) is 10.8 Å². The largest absolute Gasteiger partial charge is 0.478 e. The third kappa shape index (κ3) is 2.98. The van der Waals surface area contributed by atoms with Gasteiger partial charge in [0.15, 0.2) is 0 Å². The minimum atomic E-state index is -1.06. The maximum Gasteiger partial charge on any atom is 0.339 e. The molecule has 0 aromatic carbocycles.